The largest absolute Gasteiger partial charge is 0.493 e. The number of hydrogen-bond donors (Lipinski definition) is 0. The zero-order valence-electron chi connectivity index (χ0n) is 22.1. The first-order valence-corrected chi connectivity index (χ1v) is 15.2. The van der Waals surface area contributed by atoms with Gasteiger partial charge in [-0.3, -0.25) is 9.69 Å². The molecule has 0 atom stereocenters. The highest BCUT2D eigenvalue weighted by atomic mass is 32.2. The van der Waals surface area contributed by atoms with Crippen LogP contribution in [0.25, 0.3) is 6.08 Å². The molecule has 0 saturated carbocycles. The Hall–Kier alpha value is -3.04. The number of nitrogens with zero attached hydrogens (tertiary/aromatic N) is 2. The lowest BCUT2D eigenvalue weighted by Crippen LogP contribution is -2.29. The molecule has 204 valence electrons. The highest BCUT2D eigenvalue weighted by molar-refractivity contribution is 8.19. The van der Waals surface area contributed by atoms with Crippen molar-refractivity contribution >= 4 is 38.9 Å². The van der Waals surface area contributed by atoms with Crippen LogP contribution in [0.4, 0.5) is 0 Å². The van der Waals surface area contributed by atoms with Crippen molar-refractivity contribution in [3.63, 3.8) is 0 Å². The number of amidine groups is 1. The SMILES string of the molecule is C=CCN1C(=O)/C(=C/c2ccc(OCCCCCCCCC)c(OC)c2)S/C1=N/S(=O)(=O)c1ccccc1. The van der Waals surface area contributed by atoms with Crippen LogP contribution in [0.5, 0.6) is 11.5 Å². The lowest BCUT2D eigenvalue weighted by Gasteiger charge is -2.12. The standard InChI is InChI=1S/C29H36N2O5S2/c1-4-6-7-8-9-10-14-20-36-25-18-17-23(21-26(25)35-3)22-27-28(32)31(19-5-2)29(37-27)30-38(33,34)24-15-12-11-13-16-24/h5,11-13,15-18,21-22H,2,4,6-10,14,19-20H2,1,3H3/b27-22-,30-29+. The normalized spacial score (nSPS) is 15.8. The van der Waals surface area contributed by atoms with Gasteiger partial charge in [-0.15, -0.1) is 11.0 Å². The van der Waals surface area contributed by atoms with E-state index >= 15 is 0 Å². The zero-order valence-corrected chi connectivity index (χ0v) is 23.7. The van der Waals surface area contributed by atoms with Crippen LogP contribution in [0, 0.1) is 0 Å². The van der Waals surface area contributed by atoms with Crippen molar-refractivity contribution in [3.8, 4) is 11.5 Å². The minimum Gasteiger partial charge on any atom is -0.493 e. The summed E-state index contributed by atoms with van der Waals surface area (Å²) in [5, 5.41) is 0.0895. The highest BCUT2D eigenvalue weighted by Crippen LogP contribution is 2.35. The average Bonchev–Trinajstić information content (AvgIpc) is 3.19. The molecule has 2 aromatic rings. The van der Waals surface area contributed by atoms with Gasteiger partial charge in [-0.1, -0.05) is 75.8 Å². The highest BCUT2D eigenvalue weighted by Gasteiger charge is 2.34. The first kappa shape index (κ1) is 29.5. The summed E-state index contributed by atoms with van der Waals surface area (Å²) in [5.74, 6) is 0.881. The summed E-state index contributed by atoms with van der Waals surface area (Å²) < 4.78 is 41.0. The van der Waals surface area contributed by atoms with E-state index in [-0.39, 0.29) is 22.5 Å². The Balaban J connectivity index is 1.71. The van der Waals surface area contributed by atoms with Crippen LogP contribution in [-0.4, -0.2) is 44.7 Å². The first-order valence-electron chi connectivity index (χ1n) is 12.9. The minimum atomic E-state index is -3.98. The fourth-order valence-electron chi connectivity index (χ4n) is 3.90. The van der Waals surface area contributed by atoms with Gasteiger partial charge in [-0.25, -0.2) is 0 Å². The van der Waals surface area contributed by atoms with Crippen molar-refractivity contribution in [2.45, 2.75) is 56.8 Å². The molecule has 7 nitrogen and oxygen atoms in total. The van der Waals surface area contributed by atoms with E-state index in [9.17, 15) is 13.2 Å². The van der Waals surface area contributed by atoms with E-state index in [2.05, 4.69) is 17.9 Å². The molecule has 0 aromatic heterocycles. The fourth-order valence-corrected chi connectivity index (χ4v) is 6.11. The van der Waals surface area contributed by atoms with E-state index in [4.69, 9.17) is 9.47 Å². The number of benzene rings is 2. The molecule has 1 amide bonds. The number of rotatable bonds is 15. The summed E-state index contributed by atoms with van der Waals surface area (Å²) in [7, 11) is -2.40. The monoisotopic (exact) mass is 556 g/mol. The third-order valence-electron chi connectivity index (χ3n) is 5.93. The number of hydrogen-bond acceptors (Lipinski definition) is 6. The van der Waals surface area contributed by atoms with Gasteiger partial charge in [-0.2, -0.15) is 8.42 Å². The van der Waals surface area contributed by atoms with Gasteiger partial charge in [-0.05, 0) is 54.1 Å². The Morgan fingerprint density at radius 1 is 1.00 bits per heavy atom. The van der Waals surface area contributed by atoms with E-state index in [1.54, 1.807) is 37.5 Å². The Morgan fingerprint density at radius 3 is 2.39 bits per heavy atom. The van der Waals surface area contributed by atoms with E-state index < -0.39 is 10.0 Å². The molecule has 0 aliphatic carbocycles. The van der Waals surface area contributed by atoms with E-state index in [1.807, 2.05) is 12.1 Å². The molecule has 0 unspecified atom stereocenters. The van der Waals surface area contributed by atoms with Crippen LogP contribution in [0.15, 0.2) is 75.4 Å². The Kier molecular flexibility index (Phi) is 11.5. The number of thioether (sulfide) groups is 1. The Bertz CT molecular complexity index is 1260. The molecule has 1 heterocycles. The molecular weight excluding hydrogens is 520 g/mol. The quantitative estimate of drug-likeness (QED) is 0.138. The number of ether oxygens (including phenoxy) is 2. The zero-order chi connectivity index (χ0) is 27.4. The van der Waals surface area contributed by atoms with E-state index in [1.165, 1.54) is 55.2 Å². The number of unbranched alkanes of at least 4 members (excludes halogenated alkanes) is 6. The average molecular weight is 557 g/mol. The topological polar surface area (TPSA) is 85.3 Å². The van der Waals surface area contributed by atoms with Gasteiger partial charge < -0.3 is 9.47 Å². The molecule has 9 heteroatoms. The third-order valence-corrected chi connectivity index (χ3v) is 8.33. The summed E-state index contributed by atoms with van der Waals surface area (Å²) in [6.07, 6.45) is 11.7. The van der Waals surface area contributed by atoms with Gasteiger partial charge in [0.05, 0.1) is 23.5 Å². The molecule has 0 spiro atoms. The summed E-state index contributed by atoms with van der Waals surface area (Å²) >= 11 is 1.02. The number of sulfonamides is 1. The smallest absolute Gasteiger partial charge is 0.284 e. The predicted octanol–water partition coefficient (Wildman–Crippen LogP) is 6.67. The molecule has 0 N–H and O–H groups in total. The Morgan fingerprint density at radius 2 is 1.71 bits per heavy atom. The van der Waals surface area contributed by atoms with Crippen LogP contribution in [0.2, 0.25) is 0 Å². The van der Waals surface area contributed by atoms with Gasteiger partial charge in [0.2, 0.25) is 0 Å². The van der Waals surface area contributed by atoms with Crippen molar-refractivity contribution in [2.24, 2.45) is 4.40 Å². The molecule has 38 heavy (non-hydrogen) atoms. The number of methoxy groups -OCH3 is 1. The molecular formula is C29H36N2O5S2. The van der Waals surface area contributed by atoms with Gasteiger partial charge >= 0.3 is 0 Å². The van der Waals surface area contributed by atoms with Crippen molar-refractivity contribution < 1.29 is 22.7 Å². The molecule has 0 radical (unpaired) electrons. The first-order chi connectivity index (χ1) is 18.4. The van der Waals surface area contributed by atoms with Crippen LogP contribution in [-0.2, 0) is 14.8 Å². The molecule has 1 aliphatic heterocycles. The van der Waals surface area contributed by atoms with Crippen molar-refractivity contribution in [2.75, 3.05) is 20.3 Å². The fraction of sp³-hybridized carbons (Fsp3) is 0.379. The second kappa shape index (κ2) is 14.8. The Labute approximate surface area is 230 Å². The van der Waals surface area contributed by atoms with E-state index in [0.29, 0.717) is 23.0 Å². The van der Waals surface area contributed by atoms with Crippen LogP contribution < -0.4 is 9.47 Å². The van der Waals surface area contributed by atoms with Crippen molar-refractivity contribution in [1.29, 1.82) is 0 Å². The second-order valence-corrected chi connectivity index (χ2v) is 11.5. The minimum absolute atomic E-state index is 0.0633. The molecule has 3 rings (SSSR count). The van der Waals surface area contributed by atoms with Crippen LogP contribution >= 0.6 is 11.8 Å². The summed E-state index contributed by atoms with van der Waals surface area (Å²) in [6, 6.07) is 13.4. The summed E-state index contributed by atoms with van der Waals surface area (Å²) in [5.41, 5.74) is 0.728. The maximum atomic E-state index is 13.1. The van der Waals surface area contributed by atoms with Crippen molar-refractivity contribution in [1.82, 2.24) is 4.90 Å². The summed E-state index contributed by atoms with van der Waals surface area (Å²) in [4.78, 5) is 14.8. The third kappa shape index (κ3) is 8.23. The molecule has 1 aliphatic rings. The number of carbonyl (C=O) groups is 1. The molecule has 2 aromatic carbocycles. The lowest BCUT2D eigenvalue weighted by molar-refractivity contribution is -0.121. The van der Waals surface area contributed by atoms with Gasteiger partial charge in [0, 0.05) is 6.54 Å². The van der Waals surface area contributed by atoms with Crippen LogP contribution in [0.1, 0.15) is 57.4 Å². The molecule has 0 bridgehead atoms. The maximum absolute atomic E-state index is 13.1. The van der Waals surface area contributed by atoms with Gasteiger partial charge in [0.1, 0.15) is 0 Å². The maximum Gasteiger partial charge on any atom is 0.284 e. The van der Waals surface area contributed by atoms with Gasteiger partial charge in [0.15, 0.2) is 16.7 Å². The van der Waals surface area contributed by atoms with E-state index in [0.717, 1.165) is 30.2 Å². The second-order valence-electron chi connectivity index (χ2n) is 8.86. The summed E-state index contributed by atoms with van der Waals surface area (Å²) in [6.45, 7) is 6.66. The van der Waals surface area contributed by atoms with Crippen molar-refractivity contribution in [3.05, 3.63) is 71.7 Å². The number of amides is 1. The predicted molar refractivity (Wildman–Crippen MR) is 155 cm³/mol. The lowest BCUT2D eigenvalue weighted by atomic mass is 10.1. The van der Waals surface area contributed by atoms with Gasteiger partial charge in [0.25, 0.3) is 15.9 Å². The molecule has 1 fully saturated rings. The number of carbonyl (C=O) groups excluding carboxylic acids is 1. The van der Waals surface area contributed by atoms with Crippen LogP contribution in [0.3, 0.4) is 0 Å². The molecule has 1 saturated heterocycles.